The molecule has 2 aliphatic heterocycles. The lowest BCUT2D eigenvalue weighted by Crippen LogP contribution is -2.43. The molecule has 2 rings (SSSR count). The Hall–Kier alpha value is -0.170. The van der Waals surface area contributed by atoms with Crippen LogP contribution in [0.2, 0.25) is 0 Å². The second kappa shape index (κ2) is 6.13. The third-order valence-electron chi connectivity index (χ3n) is 3.33. The van der Waals surface area contributed by atoms with Crippen LogP contribution in [0, 0.1) is 6.42 Å². The average molecular weight is 261 g/mol. The summed E-state index contributed by atoms with van der Waals surface area (Å²) in [6.45, 7) is 5.09. The van der Waals surface area contributed by atoms with Crippen LogP contribution in [0.5, 0.6) is 0 Å². The fourth-order valence-electron chi connectivity index (χ4n) is 2.20. The molecule has 6 heteroatoms. The molecular weight excluding hydrogens is 240 g/mol. The molecule has 0 amide bonds. The van der Waals surface area contributed by atoms with Gasteiger partial charge in [-0.2, -0.15) is 0 Å². The van der Waals surface area contributed by atoms with Crippen molar-refractivity contribution in [1.82, 2.24) is 9.21 Å². The summed E-state index contributed by atoms with van der Waals surface area (Å²) in [5.41, 5.74) is 0. The number of sulfonamides is 1. The van der Waals surface area contributed by atoms with Crippen LogP contribution in [0.15, 0.2) is 0 Å². The summed E-state index contributed by atoms with van der Waals surface area (Å²) in [6, 6.07) is 0. The monoisotopic (exact) mass is 261 g/mol. The van der Waals surface area contributed by atoms with E-state index in [-0.39, 0.29) is 5.75 Å². The summed E-state index contributed by atoms with van der Waals surface area (Å²) in [7, 11) is -3.05. The van der Waals surface area contributed by atoms with Gasteiger partial charge in [0.15, 0.2) is 0 Å². The highest BCUT2D eigenvalue weighted by Crippen LogP contribution is 2.13. The van der Waals surface area contributed by atoms with Gasteiger partial charge in [0.05, 0.1) is 19.0 Å². The minimum Gasteiger partial charge on any atom is -0.379 e. The van der Waals surface area contributed by atoms with E-state index in [4.69, 9.17) is 4.74 Å². The fourth-order valence-corrected chi connectivity index (χ4v) is 3.72. The number of hydrogen-bond donors (Lipinski definition) is 0. The van der Waals surface area contributed by atoms with E-state index in [1.54, 1.807) is 4.31 Å². The van der Waals surface area contributed by atoms with E-state index in [0.29, 0.717) is 19.6 Å². The van der Waals surface area contributed by atoms with Gasteiger partial charge in [-0.3, -0.25) is 4.90 Å². The van der Waals surface area contributed by atoms with E-state index in [1.807, 2.05) is 0 Å². The number of piperidine rings is 1. The van der Waals surface area contributed by atoms with Gasteiger partial charge in [-0.15, -0.1) is 0 Å². The van der Waals surface area contributed by atoms with Crippen molar-refractivity contribution in [2.75, 3.05) is 51.7 Å². The molecule has 0 saturated carbocycles. The first kappa shape index (κ1) is 13.3. The normalized spacial score (nSPS) is 24.9. The summed E-state index contributed by atoms with van der Waals surface area (Å²) in [5.74, 6) is 0.243. The SMILES string of the molecule is O=S(=O)(CCN1CCOCC1)N1CC[CH]CC1. The average Bonchev–Trinajstić information content (AvgIpc) is 2.39. The molecule has 17 heavy (non-hydrogen) atoms. The van der Waals surface area contributed by atoms with Gasteiger partial charge >= 0.3 is 0 Å². The summed E-state index contributed by atoms with van der Waals surface area (Å²) in [5, 5.41) is 0. The highest BCUT2D eigenvalue weighted by Gasteiger charge is 2.24. The second-order valence-corrected chi connectivity index (χ2v) is 6.62. The topological polar surface area (TPSA) is 49.9 Å². The molecule has 2 saturated heterocycles. The Bertz CT molecular complexity index is 320. The van der Waals surface area contributed by atoms with Crippen molar-refractivity contribution in [3.05, 3.63) is 6.42 Å². The van der Waals surface area contributed by atoms with E-state index >= 15 is 0 Å². The zero-order valence-electron chi connectivity index (χ0n) is 10.2. The molecule has 0 aromatic carbocycles. The van der Waals surface area contributed by atoms with Crippen molar-refractivity contribution in [3.63, 3.8) is 0 Å². The molecule has 0 spiro atoms. The summed E-state index contributed by atoms with van der Waals surface area (Å²) >= 11 is 0. The maximum Gasteiger partial charge on any atom is 0.215 e. The second-order valence-electron chi connectivity index (χ2n) is 4.54. The lowest BCUT2D eigenvalue weighted by molar-refractivity contribution is 0.0407. The molecule has 2 aliphatic rings. The molecule has 2 fully saturated rings. The summed E-state index contributed by atoms with van der Waals surface area (Å²) < 4.78 is 31.0. The Morgan fingerprint density at radius 1 is 1.06 bits per heavy atom. The third kappa shape index (κ3) is 3.91. The molecule has 0 bridgehead atoms. The minimum atomic E-state index is -3.05. The Balaban J connectivity index is 1.79. The van der Waals surface area contributed by atoms with Crippen LogP contribution in [0.25, 0.3) is 0 Å². The van der Waals surface area contributed by atoms with E-state index < -0.39 is 10.0 Å². The predicted octanol–water partition coefficient (Wildman–Crippen LogP) is -0.0515. The van der Waals surface area contributed by atoms with Gasteiger partial charge in [0.1, 0.15) is 0 Å². The first-order valence-electron chi connectivity index (χ1n) is 6.28. The molecule has 5 nitrogen and oxygen atoms in total. The number of ether oxygens (including phenoxy) is 1. The van der Waals surface area contributed by atoms with E-state index in [1.165, 1.54) is 0 Å². The largest absolute Gasteiger partial charge is 0.379 e. The Kier molecular flexibility index (Phi) is 4.78. The van der Waals surface area contributed by atoms with Crippen molar-refractivity contribution in [3.8, 4) is 0 Å². The molecule has 99 valence electrons. The predicted molar refractivity (Wildman–Crippen MR) is 66.2 cm³/mol. The van der Waals surface area contributed by atoms with Crippen LogP contribution in [0.4, 0.5) is 0 Å². The maximum atomic E-state index is 12.1. The number of nitrogens with zero attached hydrogens (tertiary/aromatic N) is 2. The molecule has 1 radical (unpaired) electrons. The van der Waals surface area contributed by atoms with Crippen LogP contribution in [-0.4, -0.2) is 69.3 Å². The quantitative estimate of drug-likeness (QED) is 0.712. The van der Waals surface area contributed by atoms with Crippen LogP contribution in [0.1, 0.15) is 12.8 Å². The number of morpholine rings is 1. The lowest BCUT2D eigenvalue weighted by atomic mass is 10.2. The maximum absolute atomic E-state index is 12.1. The van der Waals surface area contributed by atoms with Crippen LogP contribution < -0.4 is 0 Å². The van der Waals surface area contributed by atoms with Gasteiger partial charge in [-0.1, -0.05) is 0 Å². The molecule has 0 aromatic heterocycles. The van der Waals surface area contributed by atoms with E-state index in [9.17, 15) is 8.42 Å². The first-order valence-corrected chi connectivity index (χ1v) is 7.89. The van der Waals surface area contributed by atoms with Crippen molar-refractivity contribution < 1.29 is 13.2 Å². The highest BCUT2D eigenvalue weighted by atomic mass is 32.2. The molecule has 0 unspecified atom stereocenters. The van der Waals surface area contributed by atoms with Gasteiger partial charge in [0.2, 0.25) is 10.0 Å². The van der Waals surface area contributed by atoms with Gasteiger partial charge in [0.25, 0.3) is 0 Å². The summed E-state index contributed by atoms with van der Waals surface area (Å²) in [4.78, 5) is 2.16. The first-order chi connectivity index (χ1) is 8.18. The summed E-state index contributed by atoms with van der Waals surface area (Å²) in [6.07, 6.45) is 3.93. The Labute approximate surface area is 104 Å². The van der Waals surface area contributed by atoms with Crippen molar-refractivity contribution >= 4 is 10.0 Å². The zero-order chi connectivity index (χ0) is 12.1. The zero-order valence-corrected chi connectivity index (χ0v) is 11.0. The van der Waals surface area contributed by atoms with Gasteiger partial charge in [-0.05, 0) is 19.3 Å². The molecule has 2 heterocycles. The molecule has 0 atom stereocenters. The lowest BCUT2D eigenvalue weighted by Gasteiger charge is -2.29. The third-order valence-corrected chi connectivity index (χ3v) is 5.18. The van der Waals surface area contributed by atoms with E-state index in [0.717, 1.165) is 39.1 Å². The van der Waals surface area contributed by atoms with Crippen molar-refractivity contribution in [2.24, 2.45) is 0 Å². The highest BCUT2D eigenvalue weighted by molar-refractivity contribution is 7.89. The van der Waals surface area contributed by atoms with Gasteiger partial charge in [0, 0.05) is 32.7 Å². The molecule has 0 aromatic rings. The fraction of sp³-hybridized carbons (Fsp3) is 0.909. The number of rotatable bonds is 4. The molecule has 0 N–H and O–H groups in total. The Morgan fingerprint density at radius 2 is 1.71 bits per heavy atom. The van der Waals surface area contributed by atoms with Crippen LogP contribution >= 0.6 is 0 Å². The molecule has 0 aliphatic carbocycles. The van der Waals surface area contributed by atoms with Crippen molar-refractivity contribution in [1.29, 1.82) is 0 Å². The van der Waals surface area contributed by atoms with Gasteiger partial charge in [-0.25, -0.2) is 12.7 Å². The van der Waals surface area contributed by atoms with E-state index in [2.05, 4.69) is 11.3 Å². The smallest absolute Gasteiger partial charge is 0.215 e. The van der Waals surface area contributed by atoms with Crippen LogP contribution in [0.3, 0.4) is 0 Å². The van der Waals surface area contributed by atoms with Gasteiger partial charge < -0.3 is 4.74 Å². The molecular formula is C11H21N2O3S. The Morgan fingerprint density at radius 3 is 2.35 bits per heavy atom. The minimum absolute atomic E-state index is 0.243. The standard InChI is InChI=1S/C11H21N2O3S/c14-17(15,13-4-2-1-3-5-13)11-8-12-6-9-16-10-7-12/h1H,2-11H2. The van der Waals surface area contributed by atoms with Crippen LogP contribution in [-0.2, 0) is 14.8 Å². The van der Waals surface area contributed by atoms with Crippen molar-refractivity contribution in [2.45, 2.75) is 12.8 Å². The number of hydrogen-bond acceptors (Lipinski definition) is 4.